The molecule has 0 aromatic heterocycles. The molecule has 0 N–H and O–H groups in total. The van der Waals surface area contributed by atoms with Gasteiger partial charge in [-0.2, -0.15) is 0 Å². The maximum atomic E-state index is 13.1. The molecule has 3 heteroatoms. The molecule has 0 radical (unpaired) electrons. The lowest BCUT2D eigenvalue weighted by atomic mass is 9.88. The molecule has 0 spiro atoms. The molecule has 0 saturated heterocycles. The zero-order chi connectivity index (χ0) is 18.2. The number of hydrogen-bond donors (Lipinski definition) is 0. The highest BCUT2D eigenvalue weighted by Crippen LogP contribution is 2.31. The van der Waals surface area contributed by atoms with Gasteiger partial charge in [-0.25, -0.2) is 0 Å². The number of carbonyl (C=O) groups is 1. The molecule has 0 aliphatic heterocycles. The van der Waals surface area contributed by atoms with Crippen molar-refractivity contribution < 1.29 is 9.53 Å². The highest BCUT2D eigenvalue weighted by Gasteiger charge is 2.31. The molecule has 144 valence electrons. The zero-order valence-corrected chi connectivity index (χ0v) is 16.4. The molecule has 0 unspecified atom stereocenters. The first-order valence-electron chi connectivity index (χ1n) is 10.8. The second kappa shape index (κ2) is 9.99. The lowest BCUT2D eigenvalue weighted by Crippen LogP contribution is -2.48. The largest absolute Gasteiger partial charge is 0.493 e. The Morgan fingerprint density at radius 1 is 0.962 bits per heavy atom. The van der Waals surface area contributed by atoms with Crippen LogP contribution in [0.2, 0.25) is 0 Å². The third kappa shape index (κ3) is 5.25. The van der Waals surface area contributed by atoms with Gasteiger partial charge in [-0.3, -0.25) is 4.79 Å². The van der Waals surface area contributed by atoms with Crippen LogP contribution in [0.4, 0.5) is 0 Å². The molecule has 1 aromatic carbocycles. The molecule has 3 rings (SSSR count). The average Bonchev–Trinajstić information content (AvgIpc) is 2.68. The van der Waals surface area contributed by atoms with E-state index in [1.807, 2.05) is 18.2 Å². The smallest absolute Gasteiger partial charge is 0.223 e. The Bertz CT molecular complexity index is 541. The fourth-order valence-corrected chi connectivity index (χ4v) is 4.68. The summed E-state index contributed by atoms with van der Waals surface area (Å²) in [6.07, 6.45) is 14.1. The molecule has 1 amide bonds. The highest BCUT2D eigenvalue weighted by molar-refractivity contribution is 5.77. The minimum absolute atomic E-state index is 0.372. The first-order chi connectivity index (χ1) is 12.8. The van der Waals surface area contributed by atoms with Crippen molar-refractivity contribution in [2.45, 2.75) is 96.1 Å². The molecule has 3 nitrogen and oxygen atoms in total. The lowest BCUT2D eigenvalue weighted by Gasteiger charge is -2.42. The molecule has 2 aliphatic rings. The van der Waals surface area contributed by atoms with Crippen molar-refractivity contribution in [1.29, 1.82) is 0 Å². The molecule has 0 atom stereocenters. The van der Waals surface area contributed by atoms with E-state index < -0.39 is 0 Å². The molecule has 2 saturated carbocycles. The van der Waals surface area contributed by atoms with Crippen LogP contribution < -0.4 is 4.74 Å². The molecule has 26 heavy (non-hydrogen) atoms. The molecule has 0 heterocycles. The van der Waals surface area contributed by atoms with Crippen LogP contribution in [-0.4, -0.2) is 29.5 Å². The monoisotopic (exact) mass is 357 g/mol. The number of carbonyl (C=O) groups excluding carboxylic acids is 1. The van der Waals surface area contributed by atoms with Crippen molar-refractivity contribution in [3.63, 3.8) is 0 Å². The molecule has 1 aromatic rings. The first-order valence-corrected chi connectivity index (χ1v) is 10.8. The second-order valence-electron chi connectivity index (χ2n) is 8.10. The van der Waals surface area contributed by atoms with E-state index in [1.165, 1.54) is 64.2 Å². The van der Waals surface area contributed by atoms with Gasteiger partial charge in [0.25, 0.3) is 0 Å². The van der Waals surface area contributed by atoms with E-state index in [4.69, 9.17) is 4.74 Å². The predicted molar refractivity (Wildman–Crippen MR) is 107 cm³/mol. The van der Waals surface area contributed by atoms with Crippen LogP contribution in [0.15, 0.2) is 24.3 Å². The maximum absolute atomic E-state index is 13.1. The Kier molecular flexibility index (Phi) is 7.40. The van der Waals surface area contributed by atoms with Crippen molar-refractivity contribution in [1.82, 2.24) is 4.90 Å². The van der Waals surface area contributed by atoms with E-state index in [0.29, 0.717) is 31.0 Å². The Hall–Kier alpha value is -1.51. The number of rotatable bonds is 7. The number of amides is 1. The maximum Gasteiger partial charge on any atom is 0.223 e. The van der Waals surface area contributed by atoms with E-state index in [2.05, 4.69) is 17.9 Å². The lowest BCUT2D eigenvalue weighted by molar-refractivity contribution is -0.138. The minimum Gasteiger partial charge on any atom is -0.493 e. The summed E-state index contributed by atoms with van der Waals surface area (Å²) in [5.74, 6) is 1.31. The van der Waals surface area contributed by atoms with Crippen LogP contribution in [0.5, 0.6) is 5.75 Å². The van der Waals surface area contributed by atoms with E-state index >= 15 is 0 Å². The first kappa shape index (κ1) is 19.3. The van der Waals surface area contributed by atoms with Crippen molar-refractivity contribution in [3.05, 3.63) is 29.8 Å². The third-order valence-electron chi connectivity index (χ3n) is 6.11. The van der Waals surface area contributed by atoms with E-state index in [0.717, 1.165) is 17.7 Å². The molecular weight excluding hydrogens is 322 g/mol. The topological polar surface area (TPSA) is 29.5 Å². The number of hydrogen-bond acceptors (Lipinski definition) is 2. The summed E-state index contributed by atoms with van der Waals surface area (Å²) < 4.78 is 5.89. The van der Waals surface area contributed by atoms with Gasteiger partial charge in [-0.1, -0.05) is 56.7 Å². The van der Waals surface area contributed by atoms with Gasteiger partial charge in [0.1, 0.15) is 5.75 Å². The summed E-state index contributed by atoms with van der Waals surface area (Å²) in [5, 5.41) is 0. The highest BCUT2D eigenvalue weighted by atomic mass is 16.5. The molecular formula is C23H35NO2. The fourth-order valence-electron chi connectivity index (χ4n) is 4.68. The molecule has 2 fully saturated rings. The van der Waals surface area contributed by atoms with Gasteiger partial charge >= 0.3 is 0 Å². The van der Waals surface area contributed by atoms with Crippen molar-refractivity contribution >= 4 is 5.91 Å². The average molecular weight is 358 g/mol. The molecule has 2 aliphatic carbocycles. The van der Waals surface area contributed by atoms with E-state index in [9.17, 15) is 4.79 Å². The summed E-state index contributed by atoms with van der Waals surface area (Å²) in [7, 11) is 0. The Morgan fingerprint density at radius 3 is 2.12 bits per heavy atom. The zero-order valence-electron chi connectivity index (χ0n) is 16.4. The van der Waals surface area contributed by atoms with Crippen molar-refractivity contribution in [3.8, 4) is 5.75 Å². The number of para-hydroxylation sites is 1. The number of ether oxygens (including phenoxy) is 1. The fraction of sp³-hybridized carbons (Fsp3) is 0.696. The van der Waals surface area contributed by atoms with Gasteiger partial charge in [0.2, 0.25) is 5.91 Å². The van der Waals surface area contributed by atoms with Crippen LogP contribution in [0, 0.1) is 6.92 Å². The number of benzene rings is 1. The molecule has 0 bridgehead atoms. The van der Waals surface area contributed by atoms with Crippen molar-refractivity contribution in [2.24, 2.45) is 0 Å². The Balaban J connectivity index is 1.52. The van der Waals surface area contributed by atoms with Gasteiger partial charge < -0.3 is 9.64 Å². The van der Waals surface area contributed by atoms with Crippen LogP contribution >= 0.6 is 0 Å². The van der Waals surface area contributed by atoms with Crippen LogP contribution in [0.3, 0.4) is 0 Å². The van der Waals surface area contributed by atoms with Gasteiger partial charge in [0.05, 0.1) is 6.61 Å². The summed E-state index contributed by atoms with van der Waals surface area (Å²) in [6.45, 7) is 2.69. The summed E-state index contributed by atoms with van der Waals surface area (Å²) in [5.41, 5.74) is 1.16. The van der Waals surface area contributed by atoms with E-state index in [1.54, 1.807) is 0 Å². The van der Waals surface area contributed by atoms with Crippen LogP contribution in [0.1, 0.15) is 82.6 Å². The Labute approximate surface area is 159 Å². The van der Waals surface area contributed by atoms with Crippen molar-refractivity contribution in [2.75, 3.05) is 6.61 Å². The quantitative estimate of drug-likeness (QED) is 0.590. The summed E-state index contributed by atoms with van der Waals surface area (Å²) in [4.78, 5) is 15.4. The second-order valence-corrected chi connectivity index (χ2v) is 8.10. The number of nitrogens with zero attached hydrogens (tertiary/aromatic N) is 1. The summed E-state index contributed by atoms with van der Waals surface area (Å²) in [6, 6.07) is 9.09. The van der Waals surface area contributed by atoms with Crippen LogP contribution in [-0.2, 0) is 4.79 Å². The van der Waals surface area contributed by atoms with Gasteiger partial charge in [-0.05, 0) is 50.7 Å². The van der Waals surface area contributed by atoms with Gasteiger partial charge in [0.15, 0.2) is 0 Å². The predicted octanol–water partition coefficient (Wildman–Crippen LogP) is 5.65. The minimum atomic E-state index is 0.372. The van der Waals surface area contributed by atoms with Gasteiger partial charge in [-0.15, -0.1) is 0 Å². The van der Waals surface area contributed by atoms with E-state index in [-0.39, 0.29) is 0 Å². The Morgan fingerprint density at radius 2 is 1.54 bits per heavy atom. The number of aryl methyl sites for hydroxylation is 1. The normalized spacial score (nSPS) is 19.3. The SMILES string of the molecule is Cc1ccccc1OCCCC(=O)N(C1CCCCC1)C1CCCCC1. The third-order valence-corrected chi connectivity index (χ3v) is 6.11. The standard InChI is InChI=1S/C23H35NO2/c1-19-11-8-9-16-22(19)26-18-10-17-23(25)24(20-12-4-2-5-13-20)21-14-6-3-7-15-21/h8-9,11,16,20-21H,2-7,10,12-15,17-18H2,1H3. The van der Waals surface area contributed by atoms with Gasteiger partial charge in [0, 0.05) is 18.5 Å². The summed E-state index contributed by atoms with van der Waals surface area (Å²) >= 11 is 0. The van der Waals surface area contributed by atoms with Crippen LogP contribution in [0.25, 0.3) is 0 Å².